The minimum Gasteiger partial charge on any atom is -0.325 e. The Hall–Kier alpha value is -0.740. The van der Waals surface area contributed by atoms with Gasteiger partial charge in [-0.1, -0.05) is 12.5 Å². The number of imidazole rings is 1. The SMILES string of the molecule is CSC1(Cn2c(CCl)nc3c(F)cccc32)CCC1. The van der Waals surface area contributed by atoms with Crippen LogP contribution in [0.1, 0.15) is 25.1 Å². The van der Waals surface area contributed by atoms with Crippen molar-refractivity contribution < 1.29 is 4.39 Å². The lowest BCUT2D eigenvalue weighted by atomic mass is 9.84. The molecule has 1 saturated carbocycles. The van der Waals surface area contributed by atoms with E-state index in [4.69, 9.17) is 11.6 Å². The number of halogens is 2. The van der Waals surface area contributed by atoms with Gasteiger partial charge in [0, 0.05) is 11.3 Å². The van der Waals surface area contributed by atoms with Crippen LogP contribution in [-0.2, 0) is 12.4 Å². The highest BCUT2D eigenvalue weighted by atomic mass is 35.5. The van der Waals surface area contributed by atoms with Crippen molar-refractivity contribution in [2.45, 2.75) is 36.4 Å². The highest BCUT2D eigenvalue weighted by Crippen LogP contribution is 2.44. The van der Waals surface area contributed by atoms with Crippen LogP contribution >= 0.6 is 23.4 Å². The number of para-hydroxylation sites is 1. The average molecular weight is 299 g/mol. The van der Waals surface area contributed by atoms with E-state index in [1.165, 1.54) is 25.3 Å². The Morgan fingerprint density at radius 1 is 1.47 bits per heavy atom. The molecule has 1 fully saturated rings. The van der Waals surface area contributed by atoms with Crippen LogP contribution in [0.15, 0.2) is 18.2 Å². The molecule has 1 aliphatic rings. The van der Waals surface area contributed by atoms with Gasteiger partial charge >= 0.3 is 0 Å². The van der Waals surface area contributed by atoms with Crippen LogP contribution in [0.5, 0.6) is 0 Å². The first kappa shape index (κ1) is 13.3. The maximum absolute atomic E-state index is 13.8. The fraction of sp³-hybridized carbons (Fsp3) is 0.500. The number of hydrogen-bond donors (Lipinski definition) is 0. The number of fused-ring (bicyclic) bond motifs is 1. The summed E-state index contributed by atoms with van der Waals surface area (Å²) < 4.78 is 16.2. The summed E-state index contributed by atoms with van der Waals surface area (Å²) in [6.07, 6.45) is 5.85. The normalized spacial score (nSPS) is 17.6. The van der Waals surface area contributed by atoms with Gasteiger partial charge < -0.3 is 4.57 Å². The van der Waals surface area contributed by atoms with Crippen LogP contribution in [-0.4, -0.2) is 20.6 Å². The van der Waals surface area contributed by atoms with Crippen LogP contribution in [0.3, 0.4) is 0 Å². The molecule has 1 heterocycles. The van der Waals surface area contributed by atoms with E-state index >= 15 is 0 Å². The maximum Gasteiger partial charge on any atom is 0.151 e. The summed E-state index contributed by atoms with van der Waals surface area (Å²) in [6.45, 7) is 0.871. The Bertz CT molecular complexity index is 601. The lowest BCUT2D eigenvalue weighted by Gasteiger charge is -2.41. The average Bonchev–Trinajstić information content (AvgIpc) is 2.73. The number of benzene rings is 1. The highest BCUT2D eigenvalue weighted by molar-refractivity contribution is 8.00. The van der Waals surface area contributed by atoms with Crippen LogP contribution in [0.2, 0.25) is 0 Å². The first-order valence-corrected chi connectivity index (χ1v) is 8.20. The summed E-state index contributed by atoms with van der Waals surface area (Å²) in [5.74, 6) is 0.815. The zero-order valence-corrected chi connectivity index (χ0v) is 12.4. The predicted octanol–water partition coefficient (Wildman–Crippen LogP) is 4.20. The number of alkyl halides is 1. The van der Waals surface area contributed by atoms with E-state index < -0.39 is 0 Å². The molecule has 0 atom stereocenters. The Labute approximate surface area is 121 Å². The number of hydrogen-bond acceptors (Lipinski definition) is 2. The molecule has 0 bridgehead atoms. The zero-order valence-electron chi connectivity index (χ0n) is 10.8. The van der Waals surface area contributed by atoms with E-state index in [1.807, 2.05) is 17.8 Å². The van der Waals surface area contributed by atoms with E-state index in [0.29, 0.717) is 11.4 Å². The summed E-state index contributed by atoms with van der Waals surface area (Å²) >= 11 is 7.88. The van der Waals surface area contributed by atoms with Crippen molar-refractivity contribution in [3.8, 4) is 0 Å². The van der Waals surface area contributed by atoms with Gasteiger partial charge in [-0.2, -0.15) is 11.8 Å². The largest absolute Gasteiger partial charge is 0.325 e. The standard InChI is InChI=1S/C14H16ClFN2S/c1-19-14(6-3-7-14)9-18-11-5-2-4-10(16)13(11)17-12(18)8-15/h2,4-5H,3,6-9H2,1H3. The van der Waals surface area contributed by atoms with Gasteiger partial charge in [-0.3, -0.25) is 0 Å². The van der Waals surface area contributed by atoms with E-state index in [-0.39, 0.29) is 10.6 Å². The third-order valence-electron chi connectivity index (χ3n) is 4.07. The van der Waals surface area contributed by atoms with Gasteiger partial charge in [0.25, 0.3) is 0 Å². The van der Waals surface area contributed by atoms with Crippen molar-refractivity contribution in [3.63, 3.8) is 0 Å². The fourth-order valence-corrected chi connectivity index (χ4v) is 3.88. The molecule has 0 aliphatic heterocycles. The van der Waals surface area contributed by atoms with E-state index in [9.17, 15) is 4.39 Å². The molecular weight excluding hydrogens is 283 g/mol. The van der Waals surface area contributed by atoms with Crippen molar-refractivity contribution >= 4 is 34.4 Å². The molecular formula is C14H16ClFN2S. The molecule has 0 radical (unpaired) electrons. The van der Waals surface area contributed by atoms with Gasteiger partial charge in [0.15, 0.2) is 5.82 Å². The molecule has 5 heteroatoms. The summed E-state index contributed by atoms with van der Waals surface area (Å²) in [5, 5.41) is 0. The van der Waals surface area contributed by atoms with Crippen molar-refractivity contribution in [2.24, 2.45) is 0 Å². The molecule has 19 heavy (non-hydrogen) atoms. The van der Waals surface area contributed by atoms with E-state index in [2.05, 4.69) is 15.8 Å². The van der Waals surface area contributed by atoms with Gasteiger partial charge in [-0.25, -0.2) is 9.37 Å². The van der Waals surface area contributed by atoms with Crippen molar-refractivity contribution in [1.29, 1.82) is 0 Å². The van der Waals surface area contributed by atoms with Crippen LogP contribution in [0.4, 0.5) is 4.39 Å². The first-order chi connectivity index (χ1) is 9.19. The molecule has 0 unspecified atom stereocenters. The van der Waals surface area contributed by atoms with Crippen molar-refractivity contribution in [1.82, 2.24) is 9.55 Å². The molecule has 1 aliphatic carbocycles. The second kappa shape index (κ2) is 4.98. The molecule has 1 aromatic heterocycles. The zero-order chi connectivity index (χ0) is 13.5. The quantitative estimate of drug-likeness (QED) is 0.787. The molecule has 0 N–H and O–H groups in total. The van der Waals surface area contributed by atoms with Gasteiger partial charge in [-0.05, 0) is 31.2 Å². The van der Waals surface area contributed by atoms with Gasteiger partial charge in [-0.15, -0.1) is 11.6 Å². The summed E-state index contributed by atoms with van der Waals surface area (Å²) in [6, 6.07) is 5.11. The smallest absolute Gasteiger partial charge is 0.151 e. The van der Waals surface area contributed by atoms with Crippen molar-refractivity contribution in [2.75, 3.05) is 6.26 Å². The molecule has 1 aromatic carbocycles. The third kappa shape index (κ3) is 2.15. The van der Waals surface area contributed by atoms with Crippen molar-refractivity contribution in [3.05, 3.63) is 29.8 Å². The summed E-state index contributed by atoms with van der Waals surface area (Å²) in [5.41, 5.74) is 1.30. The fourth-order valence-electron chi connectivity index (χ4n) is 2.73. The molecule has 2 nitrogen and oxygen atoms in total. The molecule has 2 aromatic rings. The second-order valence-corrected chi connectivity index (χ2v) is 6.64. The Morgan fingerprint density at radius 2 is 2.26 bits per heavy atom. The molecule has 0 amide bonds. The predicted molar refractivity (Wildman–Crippen MR) is 79.3 cm³/mol. The second-order valence-electron chi connectivity index (χ2n) is 5.10. The molecule has 0 spiro atoms. The van der Waals surface area contributed by atoms with Crippen LogP contribution in [0, 0.1) is 5.82 Å². The number of nitrogens with zero attached hydrogens (tertiary/aromatic N) is 2. The van der Waals surface area contributed by atoms with Gasteiger partial charge in [0.05, 0.1) is 11.4 Å². The van der Waals surface area contributed by atoms with Crippen LogP contribution in [0.25, 0.3) is 11.0 Å². The first-order valence-electron chi connectivity index (χ1n) is 6.44. The Morgan fingerprint density at radius 3 is 2.84 bits per heavy atom. The lowest BCUT2D eigenvalue weighted by molar-refractivity contribution is 0.322. The lowest BCUT2D eigenvalue weighted by Crippen LogP contribution is -2.38. The Kier molecular flexibility index (Phi) is 3.48. The summed E-state index contributed by atoms with van der Waals surface area (Å²) in [7, 11) is 0. The summed E-state index contributed by atoms with van der Waals surface area (Å²) in [4.78, 5) is 4.35. The monoisotopic (exact) mass is 298 g/mol. The van der Waals surface area contributed by atoms with Crippen LogP contribution < -0.4 is 0 Å². The minimum absolute atomic E-state index is 0.269. The van der Waals surface area contributed by atoms with E-state index in [0.717, 1.165) is 17.9 Å². The Balaban J connectivity index is 2.08. The minimum atomic E-state index is -0.269. The van der Waals surface area contributed by atoms with Gasteiger partial charge in [0.1, 0.15) is 11.3 Å². The number of aromatic nitrogens is 2. The highest BCUT2D eigenvalue weighted by Gasteiger charge is 2.37. The molecule has 0 saturated heterocycles. The topological polar surface area (TPSA) is 17.8 Å². The van der Waals surface area contributed by atoms with E-state index in [1.54, 1.807) is 6.07 Å². The maximum atomic E-state index is 13.8. The number of thioether (sulfide) groups is 1. The number of rotatable bonds is 4. The third-order valence-corrected chi connectivity index (χ3v) is 5.71. The molecule has 102 valence electrons. The molecule has 3 rings (SSSR count). The van der Waals surface area contributed by atoms with Gasteiger partial charge in [0.2, 0.25) is 0 Å².